The highest BCUT2D eigenvalue weighted by Crippen LogP contribution is 2.35. The molecule has 1 aromatic carbocycles. The van der Waals surface area contributed by atoms with Gasteiger partial charge in [0.15, 0.2) is 9.84 Å². The Morgan fingerprint density at radius 2 is 2.00 bits per heavy atom. The predicted octanol–water partition coefficient (Wildman–Crippen LogP) is 1.24. The second-order valence-electron chi connectivity index (χ2n) is 4.98. The molecule has 0 aromatic heterocycles. The number of methoxy groups -OCH3 is 2. The fourth-order valence-corrected chi connectivity index (χ4v) is 4.29. The van der Waals surface area contributed by atoms with Crippen LogP contribution in [0.25, 0.3) is 0 Å². The number of anilines is 1. The van der Waals surface area contributed by atoms with Crippen molar-refractivity contribution in [2.75, 3.05) is 30.6 Å². The molecular weight excluding hydrogens is 294 g/mol. The normalized spacial score (nSPS) is 20.0. The first-order chi connectivity index (χ1) is 9.88. The van der Waals surface area contributed by atoms with Crippen LogP contribution in [-0.2, 0) is 14.6 Å². The van der Waals surface area contributed by atoms with Gasteiger partial charge in [-0.15, -0.1) is 0 Å². The van der Waals surface area contributed by atoms with Crippen LogP contribution in [0.5, 0.6) is 11.5 Å². The zero-order chi connectivity index (χ0) is 15.6. The standard InChI is InChI=1S/C14H19NO5S/c1-10(16)15(11-6-7-21(17,18)9-11)13-5-4-12(19-2)8-14(13)20-3/h4-5,8,11H,6-7,9H2,1-3H3. The summed E-state index contributed by atoms with van der Waals surface area (Å²) >= 11 is 0. The fourth-order valence-electron chi connectivity index (χ4n) is 2.59. The lowest BCUT2D eigenvalue weighted by atomic mass is 10.1. The van der Waals surface area contributed by atoms with E-state index in [1.165, 1.54) is 18.9 Å². The number of benzene rings is 1. The Morgan fingerprint density at radius 3 is 2.48 bits per heavy atom. The van der Waals surface area contributed by atoms with Gasteiger partial charge in [0, 0.05) is 13.0 Å². The molecule has 7 heteroatoms. The maximum absolute atomic E-state index is 12.0. The molecule has 1 amide bonds. The lowest BCUT2D eigenvalue weighted by Crippen LogP contribution is -2.40. The molecule has 1 fully saturated rings. The van der Waals surface area contributed by atoms with Crippen LogP contribution in [0.2, 0.25) is 0 Å². The Labute approximate surface area is 124 Å². The van der Waals surface area contributed by atoms with Gasteiger partial charge in [0.2, 0.25) is 5.91 Å². The minimum atomic E-state index is -3.07. The molecular formula is C14H19NO5S. The molecule has 116 valence electrons. The van der Waals surface area contributed by atoms with E-state index in [9.17, 15) is 13.2 Å². The number of carbonyl (C=O) groups excluding carboxylic acids is 1. The van der Waals surface area contributed by atoms with Crippen LogP contribution in [0.3, 0.4) is 0 Å². The second kappa shape index (κ2) is 5.93. The lowest BCUT2D eigenvalue weighted by molar-refractivity contribution is -0.117. The molecule has 1 atom stereocenters. The summed E-state index contributed by atoms with van der Waals surface area (Å²) < 4.78 is 33.8. The molecule has 0 spiro atoms. The van der Waals surface area contributed by atoms with Gasteiger partial charge in [-0.1, -0.05) is 0 Å². The van der Waals surface area contributed by atoms with Crippen LogP contribution in [0.4, 0.5) is 5.69 Å². The van der Waals surface area contributed by atoms with E-state index >= 15 is 0 Å². The Balaban J connectivity index is 2.42. The predicted molar refractivity (Wildman–Crippen MR) is 79.8 cm³/mol. The molecule has 0 radical (unpaired) electrons. The number of sulfone groups is 1. The molecule has 6 nitrogen and oxygen atoms in total. The quantitative estimate of drug-likeness (QED) is 0.836. The Bertz CT molecular complexity index is 641. The van der Waals surface area contributed by atoms with E-state index in [1.807, 2.05) is 0 Å². The van der Waals surface area contributed by atoms with Crippen molar-refractivity contribution in [1.82, 2.24) is 0 Å². The minimum absolute atomic E-state index is 0.0121. The SMILES string of the molecule is COc1ccc(N(C(C)=O)C2CCS(=O)(=O)C2)c(OC)c1. The Hall–Kier alpha value is -1.76. The first kappa shape index (κ1) is 15.6. The van der Waals surface area contributed by atoms with Crippen molar-refractivity contribution in [3.63, 3.8) is 0 Å². The van der Waals surface area contributed by atoms with E-state index in [-0.39, 0.29) is 23.5 Å². The first-order valence-corrected chi connectivity index (χ1v) is 8.42. The summed E-state index contributed by atoms with van der Waals surface area (Å²) in [6, 6.07) is 4.76. The first-order valence-electron chi connectivity index (χ1n) is 6.60. The average Bonchev–Trinajstić information content (AvgIpc) is 2.79. The van der Waals surface area contributed by atoms with Gasteiger partial charge in [0.25, 0.3) is 0 Å². The molecule has 1 unspecified atom stereocenters. The number of hydrogen-bond acceptors (Lipinski definition) is 5. The molecule has 1 aliphatic heterocycles. The zero-order valence-corrected chi connectivity index (χ0v) is 13.1. The molecule has 0 aliphatic carbocycles. The second-order valence-corrected chi connectivity index (χ2v) is 7.21. The highest BCUT2D eigenvalue weighted by Gasteiger charge is 2.35. The smallest absolute Gasteiger partial charge is 0.224 e. The van der Waals surface area contributed by atoms with E-state index in [2.05, 4.69) is 0 Å². The number of hydrogen-bond donors (Lipinski definition) is 0. The summed E-state index contributed by atoms with van der Waals surface area (Å²) in [6.45, 7) is 1.43. The van der Waals surface area contributed by atoms with Gasteiger partial charge in [-0.3, -0.25) is 4.79 Å². The van der Waals surface area contributed by atoms with Crippen LogP contribution in [0, 0.1) is 0 Å². The summed E-state index contributed by atoms with van der Waals surface area (Å²) in [5.41, 5.74) is 0.563. The van der Waals surface area contributed by atoms with Gasteiger partial charge in [-0.2, -0.15) is 0 Å². The third-order valence-corrected chi connectivity index (χ3v) is 5.31. The number of amides is 1. The number of carbonyl (C=O) groups is 1. The van der Waals surface area contributed by atoms with Gasteiger partial charge in [-0.05, 0) is 18.6 Å². The number of nitrogens with zero attached hydrogens (tertiary/aromatic N) is 1. The molecule has 0 bridgehead atoms. The maximum Gasteiger partial charge on any atom is 0.224 e. The van der Waals surface area contributed by atoms with E-state index in [1.54, 1.807) is 25.3 Å². The van der Waals surface area contributed by atoms with Crippen molar-refractivity contribution >= 4 is 21.4 Å². The van der Waals surface area contributed by atoms with E-state index in [4.69, 9.17) is 9.47 Å². The summed E-state index contributed by atoms with van der Waals surface area (Å²) in [5, 5.41) is 0. The summed E-state index contributed by atoms with van der Waals surface area (Å²) in [6.07, 6.45) is 0.442. The van der Waals surface area contributed by atoms with E-state index in [0.717, 1.165) is 0 Å². The van der Waals surface area contributed by atoms with Gasteiger partial charge < -0.3 is 14.4 Å². The topological polar surface area (TPSA) is 72.9 Å². The molecule has 21 heavy (non-hydrogen) atoms. The summed E-state index contributed by atoms with van der Waals surface area (Å²) in [5.74, 6) is 0.981. The molecule has 0 N–H and O–H groups in total. The fraction of sp³-hybridized carbons (Fsp3) is 0.500. The van der Waals surface area contributed by atoms with Crippen molar-refractivity contribution in [2.24, 2.45) is 0 Å². The van der Waals surface area contributed by atoms with Crippen molar-refractivity contribution in [3.8, 4) is 11.5 Å². The molecule has 1 heterocycles. The van der Waals surface area contributed by atoms with Gasteiger partial charge in [0.1, 0.15) is 11.5 Å². The Kier molecular flexibility index (Phi) is 4.41. The summed E-state index contributed by atoms with van der Waals surface area (Å²) in [4.78, 5) is 13.5. The minimum Gasteiger partial charge on any atom is -0.497 e. The molecule has 1 aliphatic rings. The van der Waals surface area contributed by atoms with Crippen LogP contribution in [0.15, 0.2) is 18.2 Å². The van der Waals surface area contributed by atoms with Crippen molar-refractivity contribution in [1.29, 1.82) is 0 Å². The van der Waals surface area contributed by atoms with E-state index < -0.39 is 9.84 Å². The maximum atomic E-state index is 12.0. The third-order valence-electron chi connectivity index (χ3n) is 3.56. The zero-order valence-electron chi connectivity index (χ0n) is 12.3. The largest absolute Gasteiger partial charge is 0.497 e. The monoisotopic (exact) mass is 313 g/mol. The van der Waals surface area contributed by atoms with Crippen LogP contribution in [0.1, 0.15) is 13.3 Å². The number of rotatable bonds is 4. The summed E-state index contributed by atoms with van der Waals surface area (Å²) in [7, 11) is -0.0294. The average molecular weight is 313 g/mol. The molecule has 0 saturated carbocycles. The van der Waals surface area contributed by atoms with Crippen LogP contribution < -0.4 is 14.4 Å². The van der Waals surface area contributed by atoms with Crippen molar-refractivity contribution in [2.45, 2.75) is 19.4 Å². The molecule has 1 aromatic rings. The Morgan fingerprint density at radius 1 is 1.29 bits per heavy atom. The number of ether oxygens (including phenoxy) is 2. The van der Waals surface area contributed by atoms with Gasteiger partial charge in [-0.25, -0.2) is 8.42 Å². The van der Waals surface area contributed by atoms with Crippen LogP contribution >= 0.6 is 0 Å². The highest BCUT2D eigenvalue weighted by atomic mass is 32.2. The van der Waals surface area contributed by atoms with Crippen LogP contribution in [-0.4, -0.2) is 46.1 Å². The van der Waals surface area contributed by atoms with Crippen molar-refractivity contribution < 1.29 is 22.7 Å². The van der Waals surface area contributed by atoms with E-state index in [0.29, 0.717) is 23.6 Å². The van der Waals surface area contributed by atoms with Gasteiger partial charge in [0.05, 0.1) is 37.5 Å². The van der Waals surface area contributed by atoms with Crippen molar-refractivity contribution in [3.05, 3.63) is 18.2 Å². The molecule has 2 rings (SSSR count). The third kappa shape index (κ3) is 3.29. The van der Waals surface area contributed by atoms with Gasteiger partial charge >= 0.3 is 0 Å². The lowest BCUT2D eigenvalue weighted by Gasteiger charge is -2.28. The molecule has 1 saturated heterocycles. The highest BCUT2D eigenvalue weighted by molar-refractivity contribution is 7.91.